The average molecular weight is 295 g/mol. The molecule has 0 aliphatic carbocycles. The molecular weight excluding hydrogens is 278 g/mol. The summed E-state index contributed by atoms with van der Waals surface area (Å²) in [6.45, 7) is 1.38. The highest BCUT2D eigenvalue weighted by atomic mass is 16.5. The molecule has 0 bridgehead atoms. The standard InChI is InChI=1S/C17H17N3O2/c1-21-14-6-4-13(5-7-14)11-20-12-15(8-9-18)22-16-3-2-10-19-17(16)20/h2-7,10,15H,8,11-12H2,1H3. The summed E-state index contributed by atoms with van der Waals surface area (Å²) in [5.41, 5.74) is 1.16. The van der Waals surface area contributed by atoms with Gasteiger partial charge >= 0.3 is 0 Å². The Morgan fingerprint density at radius 1 is 1.36 bits per heavy atom. The van der Waals surface area contributed by atoms with Crippen LogP contribution in [0.1, 0.15) is 12.0 Å². The van der Waals surface area contributed by atoms with Gasteiger partial charge in [0.1, 0.15) is 11.9 Å². The molecular formula is C17H17N3O2. The van der Waals surface area contributed by atoms with Gasteiger partial charge in [-0.3, -0.25) is 0 Å². The maximum Gasteiger partial charge on any atom is 0.171 e. The SMILES string of the molecule is COc1ccc(CN2CC(CC#N)Oc3cccnc32)cc1. The summed E-state index contributed by atoms with van der Waals surface area (Å²) in [4.78, 5) is 6.57. The first-order valence-corrected chi connectivity index (χ1v) is 7.16. The number of rotatable bonds is 4. The minimum Gasteiger partial charge on any atom is -0.497 e. The van der Waals surface area contributed by atoms with Crippen molar-refractivity contribution in [1.82, 2.24) is 4.98 Å². The van der Waals surface area contributed by atoms with Crippen molar-refractivity contribution in [3.8, 4) is 17.6 Å². The van der Waals surface area contributed by atoms with E-state index in [1.165, 1.54) is 0 Å². The first-order chi connectivity index (χ1) is 10.8. The Morgan fingerprint density at radius 2 is 2.18 bits per heavy atom. The van der Waals surface area contributed by atoms with Crippen molar-refractivity contribution in [3.63, 3.8) is 0 Å². The predicted molar refractivity (Wildman–Crippen MR) is 82.9 cm³/mol. The van der Waals surface area contributed by atoms with Crippen molar-refractivity contribution >= 4 is 5.82 Å². The third-order valence-electron chi connectivity index (χ3n) is 3.62. The molecule has 2 heterocycles. The van der Waals surface area contributed by atoms with E-state index in [1.54, 1.807) is 13.3 Å². The molecule has 5 heteroatoms. The number of fused-ring (bicyclic) bond motifs is 1. The Labute approximate surface area is 129 Å². The monoisotopic (exact) mass is 295 g/mol. The molecule has 1 aromatic heterocycles. The lowest BCUT2D eigenvalue weighted by Gasteiger charge is -2.34. The van der Waals surface area contributed by atoms with Crippen molar-refractivity contribution in [3.05, 3.63) is 48.2 Å². The molecule has 0 saturated heterocycles. The van der Waals surface area contributed by atoms with Crippen LogP contribution in [0.2, 0.25) is 0 Å². The van der Waals surface area contributed by atoms with E-state index in [4.69, 9.17) is 14.7 Å². The van der Waals surface area contributed by atoms with Gasteiger partial charge in [-0.05, 0) is 29.8 Å². The fourth-order valence-electron chi connectivity index (χ4n) is 2.56. The Balaban J connectivity index is 1.83. The van der Waals surface area contributed by atoms with Crippen LogP contribution in [0.3, 0.4) is 0 Å². The maximum atomic E-state index is 8.92. The van der Waals surface area contributed by atoms with Gasteiger partial charge in [0.25, 0.3) is 0 Å². The topological polar surface area (TPSA) is 58.4 Å². The van der Waals surface area contributed by atoms with Crippen LogP contribution in [0.5, 0.6) is 11.5 Å². The van der Waals surface area contributed by atoms with Crippen molar-refractivity contribution < 1.29 is 9.47 Å². The van der Waals surface area contributed by atoms with Crippen molar-refractivity contribution in [2.24, 2.45) is 0 Å². The third kappa shape index (κ3) is 2.96. The number of methoxy groups -OCH3 is 1. The number of hydrogen-bond acceptors (Lipinski definition) is 5. The largest absolute Gasteiger partial charge is 0.497 e. The van der Waals surface area contributed by atoms with Crippen LogP contribution in [0.15, 0.2) is 42.6 Å². The number of aromatic nitrogens is 1. The molecule has 5 nitrogen and oxygen atoms in total. The predicted octanol–water partition coefficient (Wildman–Crippen LogP) is 2.77. The molecule has 22 heavy (non-hydrogen) atoms. The summed E-state index contributed by atoms with van der Waals surface area (Å²) >= 11 is 0. The lowest BCUT2D eigenvalue weighted by Crippen LogP contribution is -2.40. The van der Waals surface area contributed by atoms with E-state index in [0.717, 1.165) is 29.4 Å². The molecule has 0 fully saturated rings. The number of anilines is 1. The average Bonchev–Trinajstić information content (AvgIpc) is 2.56. The number of benzene rings is 1. The third-order valence-corrected chi connectivity index (χ3v) is 3.62. The number of pyridine rings is 1. The number of ether oxygens (including phenoxy) is 2. The van der Waals surface area contributed by atoms with Crippen LogP contribution in [0.4, 0.5) is 5.82 Å². The van der Waals surface area contributed by atoms with Gasteiger partial charge in [-0.1, -0.05) is 12.1 Å². The summed E-state index contributed by atoms with van der Waals surface area (Å²) in [6.07, 6.45) is 2.00. The fourth-order valence-corrected chi connectivity index (χ4v) is 2.56. The molecule has 1 aliphatic rings. The first kappa shape index (κ1) is 14.2. The van der Waals surface area contributed by atoms with E-state index < -0.39 is 0 Å². The van der Waals surface area contributed by atoms with Crippen molar-refractivity contribution in [2.75, 3.05) is 18.6 Å². The van der Waals surface area contributed by atoms with E-state index in [0.29, 0.717) is 13.0 Å². The van der Waals surface area contributed by atoms with E-state index in [-0.39, 0.29) is 6.10 Å². The molecule has 3 rings (SSSR count). The fraction of sp³-hybridized carbons (Fsp3) is 0.294. The molecule has 0 radical (unpaired) electrons. The number of nitriles is 1. The first-order valence-electron chi connectivity index (χ1n) is 7.16. The van der Waals surface area contributed by atoms with Crippen LogP contribution < -0.4 is 14.4 Å². The quantitative estimate of drug-likeness (QED) is 0.868. The Bertz CT molecular complexity index is 679. The zero-order valence-corrected chi connectivity index (χ0v) is 12.4. The second-order valence-corrected chi connectivity index (χ2v) is 5.16. The summed E-state index contributed by atoms with van der Waals surface area (Å²) in [5, 5.41) is 8.92. The highest BCUT2D eigenvalue weighted by Crippen LogP contribution is 2.32. The van der Waals surface area contributed by atoms with Gasteiger partial charge < -0.3 is 14.4 Å². The second kappa shape index (κ2) is 6.35. The van der Waals surface area contributed by atoms with Crippen LogP contribution in [0, 0.1) is 11.3 Å². The van der Waals surface area contributed by atoms with E-state index in [9.17, 15) is 0 Å². The highest BCUT2D eigenvalue weighted by Gasteiger charge is 2.26. The molecule has 2 aromatic rings. The van der Waals surface area contributed by atoms with Gasteiger partial charge in [0.2, 0.25) is 0 Å². The van der Waals surface area contributed by atoms with Gasteiger partial charge in [-0.2, -0.15) is 5.26 Å². The summed E-state index contributed by atoms with van der Waals surface area (Å²) < 4.78 is 11.0. The summed E-state index contributed by atoms with van der Waals surface area (Å²) in [7, 11) is 1.66. The highest BCUT2D eigenvalue weighted by molar-refractivity contribution is 5.54. The van der Waals surface area contributed by atoms with Crippen LogP contribution >= 0.6 is 0 Å². The Morgan fingerprint density at radius 3 is 2.91 bits per heavy atom. The van der Waals surface area contributed by atoms with E-state index in [2.05, 4.69) is 16.0 Å². The van der Waals surface area contributed by atoms with Crippen LogP contribution in [-0.2, 0) is 6.54 Å². The lowest BCUT2D eigenvalue weighted by atomic mass is 10.1. The van der Waals surface area contributed by atoms with E-state index >= 15 is 0 Å². The second-order valence-electron chi connectivity index (χ2n) is 5.16. The number of nitrogens with zero attached hydrogens (tertiary/aromatic N) is 3. The van der Waals surface area contributed by atoms with Crippen molar-refractivity contribution in [1.29, 1.82) is 5.26 Å². The van der Waals surface area contributed by atoms with Gasteiger partial charge in [-0.15, -0.1) is 0 Å². The van der Waals surface area contributed by atoms with Gasteiger partial charge in [0.05, 0.1) is 26.1 Å². The van der Waals surface area contributed by atoms with E-state index in [1.807, 2.05) is 36.4 Å². The van der Waals surface area contributed by atoms with Gasteiger partial charge in [-0.25, -0.2) is 4.98 Å². The smallest absolute Gasteiger partial charge is 0.171 e. The van der Waals surface area contributed by atoms with Gasteiger partial charge in [0.15, 0.2) is 11.6 Å². The molecule has 1 aromatic carbocycles. The summed E-state index contributed by atoms with van der Waals surface area (Å²) in [5.74, 6) is 2.40. The molecule has 0 amide bonds. The lowest BCUT2D eigenvalue weighted by molar-refractivity contribution is 0.196. The Hall–Kier alpha value is -2.74. The molecule has 1 atom stereocenters. The molecule has 0 saturated carbocycles. The molecule has 0 N–H and O–H groups in total. The molecule has 112 valence electrons. The molecule has 0 spiro atoms. The maximum absolute atomic E-state index is 8.92. The number of hydrogen-bond donors (Lipinski definition) is 0. The minimum atomic E-state index is -0.125. The molecule has 1 unspecified atom stereocenters. The van der Waals surface area contributed by atoms with Gasteiger partial charge in [0, 0.05) is 12.7 Å². The summed E-state index contributed by atoms with van der Waals surface area (Å²) in [6, 6.07) is 13.9. The minimum absolute atomic E-state index is 0.125. The Kier molecular flexibility index (Phi) is 4.10. The zero-order chi connectivity index (χ0) is 15.4. The van der Waals surface area contributed by atoms with Crippen LogP contribution in [-0.4, -0.2) is 24.7 Å². The van der Waals surface area contributed by atoms with Crippen molar-refractivity contribution in [2.45, 2.75) is 19.1 Å². The zero-order valence-electron chi connectivity index (χ0n) is 12.4. The normalized spacial score (nSPS) is 16.4. The molecule has 1 aliphatic heterocycles. The van der Waals surface area contributed by atoms with Crippen LogP contribution in [0.25, 0.3) is 0 Å².